The number of aromatic nitrogens is 1. The molecule has 0 spiro atoms. The van der Waals surface area contributed by atoms with Crippen molar-refractivity contribution in [1.82, 2.24) is 4.98 Å². The van der Waals surface area contributed by atoms with Crippen molar-refractivity contribution < 1.29 is 23.9 Å². The molecule has 1 aromatic carbocycles. The van der Waals surface area contributed by atoms with E-state index in [1.54, 1.807) is 13.8 Å². The van der Waals surface area contributed by atoms with Gasteiger partial charge < -0.3 is 9.84 Å². The second-order valence-electron chi connectivity index (χ2n) is 6.20. The van der Waals surface area contributed by atoms with Crippen LogP contribution in [0.3, 0.4) is 0 Å². The van der Waals surface area contributed by atoms with Gasteiger partial charge in [-0.3, -0.25) is 14.9 Å². The fourth-order valence-electron chi connectivity index (χ4n) is 2.78. The molecule has 0 bridgehead atoms. The largest absolute Gasteiger partial charge is 0.506 e. The summed E-state index contributed by atoms with van der Waals surface area (Å²) >= 11 is 12.3. The normalized spacial score (nSPS) is 19.4. The van der Waals surface area contributed by atoms with Gasteiger partial charge >= 0.3 is 5.97 Å². The van der Waals surface area contributed by atoms with Crippen LogP contribution in [0.2, 0.25) is 10.0 Å². The second-order valence-corrected chi connectivity index (χ2v) is 7.02. The summed E-state index contributed by atoms with van der Waals surface area (Å²) in [6.45, 7) is 3.94. The van der Waals surface area contributed by atoms with Crippen LogP contribution >= 0.6 is 23.2 Å². The first-order valence-electron chi connectivity index (χ1n) is 8.23. The third-order valence-electron chi connectivity index (χ3n) is 4.20. The Balaban J connectivity index is 1.97. The van der Waals surface area contributed by atoms with Crippen LogP contribution in [0.1, 0.15) is 20.3 Å². The monoisotopic (exact) mass is 414 g/mol. The van der Waals surface area contributed by atoms with E-state index in [0.29, 0.717) is 18.7 Å². The van der Waals surface area contributed by atoms with E-state index in [-0.39, 0.29) is 33.7 Å². The van der Waals surface area contributed by atoms with Gasteiger partial charge in [-0.25, -0.2) is 9.18 Å². The van der Waals surface area contributed by atoms with E-state index in [9.17, 15) is 14.3 Å². The van der Waals surface area contributed by atoms with Crippen molar-refractivity contribution in [2.24, 2.45) is 0 Å². The predicted molar refractivity (Wildman–Crippen MR) is 99.4 cm³/mol. The van der Waals surface area contributed by atoms with Crippen molar-refractivity contribution in [3.63, 3.8) is 0 Å². The average molecular weight is 415 g/mol. The van der Waals surface area contributed by atoms with E-state index in [0.717, 1.165) is 6.07 Å². The van der Waals surface area contributed by atoms with Crippen LogP contribution < -0.4 is 5.06 Å². The highest BCUT2D eigenvalue weighted by molar-refractivity contribution is 6.34. The van der Waals surface area contributed by atoms with Gasteiger partial charge in [-0.05, 0) is 26.0 Å². The molecular weight excluding hydrogens is 398 g/mol. The van der Waals surface area contributed by atoms with E-state index < -0.39 is 17.4 Å². The number of hydrogen-bond donors (Lipinski definition) is 1. The Hall–Kier alpha value is -2.09. The van der Waals surface area contributed by atoms with Gasteiger partial charge in [0.25, 0.3) is 0 Å². The van der Waals surface area contributed by atoms with E-state index in [2.05, 4.69) is 4.98 Å². The Bertz CT molecular complexity index is 896. The highest BCUT2D eigenvalue weighted by Crippen LogP contribution is 2.40. The zero-order chi connectivity index (χ0) is 19.8. The molecule has 6 nitrogen and oxygen atoms in total. The molecule has 1 saturated heterocycles. The molecule has 1 unspecified atom stereocenters. The molecule has 3 rings (SSSR count). The second kappa shape index (κ2) is 7.50. The standard InChI is InChI=1S/C18H17Cl2FN2O4/c1-3-26-17(25)18(2)4-5-23(27-18)15-7-11(14(21)8-12(15)19)16-13(20)6-10(24)9-22-16/h6-9,24H,3-5H2,1-2H3. The smallest absolute Gasteiger partial charge is 0.340 e. The van der Waals surface area contributed by atoms with Gasteiger partial charge in [0.2, 0.25) is 0 Å². The number of rotatable bonds is 4. The lowest BCUT2D eigenvalue weighted by molar-refractivity contribution is -0.165. The Morgan fingerprint density at radius 1 is 1.41 bits per heavy atom. The lowest BCUT2D eigenvalue weighted by Gasteiger charge is -2.24. The Morgan fingerprint density at radius 3 is 2.81 bits per heavy atom. The summed E-state index contributed by atoms with van der Waals surface area (Å²) in [6.07, 6.45) is 1.55. The van der Waals surface area contributed by atoms with Crippen LogP contribution in [-0.2, 0) is 14.4 Å². The van der Waals surface area contributed by atoms with Gasteiger partial charge in [-0.15, -0.1) is 0 Å². The van der Waals surface area contributed by atoms with E-state index in [4.69, 9.17) is 32.8 Å². The predicted octanol–water partition coefficient (Wildman–Crippen LogP) is 4.36. The van der Waals surface area contributed by atoms with Gasteiger partial charge in [-0.1, -0.05) is 23.2 Å². The zero-order valence-electron chi connectivity index (χ0n) is 14.6. The van der Waals surface area contributed by atoms with Crippen molar-refractivity contribution in [3.8, 4) is 17.0 Å². The number of aromatic hydroxyl groups is 1. The summed E-state index contributed by atoms with van der Waals surface area (Å²) in [6, 6.07) is 3.84. The number of hydrogen-bond acceptors (Lipinski definition) is 6. The first-order valence-corrected chi connectivity index (χ1v) is 8.98. The van der Waals surface area contributed by atoms with Gasteiger partial charge in [0.1, 0.15) is 11.6 Å². The number of carbonyl (C=O) groups excluding carboxylic acids is 1. The van der Waals surface area contributed by atoms with Gasteiger partial charge in [-0.2, -0.15) is 0 Å². The number of ether oxygens (including phenoxy) is 1. The average Bonchev–Trinajstić information content (AvgIpc) is 2.99. The van der Waals surface area contributed by atoms with E-state index in [1.165, 1.54) is 23.4 Å². The fraction of sp³-hybridized carbons (Fsp3) is 0.333. The summed E-state index contributed by atoms with van der Waals surface area (Å²) in [5.74, 6) is -1.24. The van der Waals surface area contributed by atoms with Crippen LogP contribution in [0, 0.1) is 5.82 Å². The summed E-state index contributed by atoms with van der Waals surface area (Å²) < 4.78 is 19.5. The first-order chi connectivity index (χ1) is 12.7. The number of pyridine rings is 1. The molecule has 0 aliphatic carbocycles. The number of halogens is 3. The van der Waals surface area contributed by atoms with Crippen molar-refractivity contribution in [2.75, 3.05) is 18.2 Å². The minimum absolute atomic E-state index is 0.0841. The van der Waals surface area contributed by atoms with Crippen molar-refractivity contribution >= 4 is 34.9 Å². The number of carbonyl (C=O) groups is 1. The van der Waals surface area contributed by atoms with E-state index in [1.807, 2.05) is 0 Å². The van der Waals surface area contributed by atoms with Crippen LogP contribution in [-0.4, -0.2) is 34.8 Å². The van der Waals surface area contributed by atoms with Gasteiger partial charge in [0.05, 0.1) is 34.2 Å². The topological polar surface area (TPSA) is 71.9 Å². The van der Waals surface area contributed by atoms with E-state index >= 15 is 0 Å². The maximum atomic E-state index is 14.5. The molecule has 1 N–H and O–H groups in total. The molecule has 9 heteroatoms. The molecule has 1 aliphatic rings. The maximum absolute atomic E-state index is 14.5. The number of esters is 1. The minimum atomic E-state index is -1.15. The fourth-order valence-corrected chi connectivity index (χ4v) is 3.29. The highest BCUT2D eigenvalue weighted by atomic mass is 35.5. The highest BCUT2D eigenvalue weighted by Gasteiger charge is 2.44. The zero-order valence-corrected chi connectivity index (χ0v) is 16.1. The van der Waals surface area contributed by atoms with Crippen LogP contribution in [0.5, 0.6) is 5.75 Å². The number of benzene rings is 1. The first kappa shape index (κ1) is 19.7. The molecule has 1 aliphatic heterocycles. The molecule has 144 valence electrons. The number of nitrogens with zero attached hydrogens (tertiary/aromatic N) is 2. The molecule has 0 saturated carbocycles. The molecule has 1 fully saturated rings. The Morgan fingerprint density at radius 2 is 2.15 bits per heavy atom. The lowest BCUT2D eigenvalue weighted by Crippen LogP contribution is -2.38. The summed E-state index contributed by atoms with van der Waals surface area (Å²) in [7, 11) is 0. The number of hydroxylamine groups is 1. The molecule has 0 amide bonds. The number of anilines is 1. The lowest BCUT2D eigenvalue weighted by atomic mass is 10.0. The molecule has 2 heterocycles. The van der Waals surface area contributed by atoms with Crippen molar-refractivity contribution in [3.05, 3.63) is 40.3 Å². The molecule has 1 aromatic heterocycles. The van der Waals surface area contributed by atoms with Crippen LogP contribution in [0.4, 0.5) is 10.1 Å². The van der Waals surface area contributed by atoms with Crippen LogP contribution in [0.15, 0.2) is 24.4 Å². The SMILES string of the molecule is CCOC(=O)C1(C)CCN(c2cc(-c3ncc(O)cc3Cl)c(F)cc2Cl)O1. The molecular formula is C18H17Cl2FN2O4. The minimum Gasteiger partial charge on any atom is -0.506 e. The maximum Gasteiger partial charge on any atom is 0.340 e. The van der Waals surface area contributed by atoms with Crippen molar-refractivity contribution in [1.29, 1.82) is 0 Å². The third-order valence-corrected chi connectivity index (χ3v) is 4.79. The van der Waals surface area contributed by atoms with Crippen LogP contribution in [0.25, 0.3) is 11.3 Å². The summed E-state index contributed by atoms with van der Waals surface area (Å²) in [5, 5.41) is 11.1. The molecule has 2 aromatic rings. The summed E-state index contributed by atoms with van der Waals surface area (Å²) in [4.78, 5) is 21.9. The molecule has 27 heavy (non-hydrogen) atoms. The quantitative estimate of drug-likeness (QED) is 0.749. The summed E-state index contributed by atoms with van der Waals surface area (Å²) in [5.41, 5.74) is -0.542. The van der Waals surface area contributed by atoms with Crippen molar-refractivity contribution in [2.45, 2.75) is 25.9 Å². The molecule has 1 atom stereocenters. The Labute approximate surface area is 165 Å². The Kier molecular flexibility index (Phi) is 5.46. The molecule has 0 radical (unpaired) electrons. The van der Waals surface area contributed by atoms with Gasteiger partial charge in [0, 0.05) is 24.6 Å². The third kappa shape index (κ3) is 3.81. The van der Waals surface area contributed by atoms with Gasteiger partial charge in [0.15, 0.2) is 5.60 Å².